The molecule has 18 heavy (non-hydrogen) atoms. The van der Waals surface area contributed by atoms with Crippen molar-refractivity contribution in [2.24, 2.45) is 0 Å². The molecule has 2 nitrogen and oxygen atoms in total. The molecule has 0 bridgehead atoms. The summed E-state index contributed by atoms with van der Waals surface area (Å²) in [5, 5.41) is 0. The second-order valence-electron chi connectivity index (χ2n) is 4.81. The molecule has 1 saturated carbocycles. The summed E-state index contributed by atoms with van der Waals surface area (Å²) in [4.78, 5) is 11.8. The van der Waals surface area contributed by atoms with Crippen LogP contribution in [0.5, 0.6) is 0 Å². The maximum absolute atomic E-state index is 12.7. The van der Waals surface area contributed by atoms with Gasteiger partial charge >= 0.3 is 0 Å². The standard InChI is InChI=1S/C15H19FO2/c16-13-9-7-12(8-10-13)15(17)6-3-11-18-14-4-1-2-5-14/h7-10,14H,1-6,11H2. The van der Waals surface area contributed by atoms with E-state index in [4.69, 9.17) is 4.74 Å². The van der Waals surface area contributed by atoms with E-state index in [-0.39, 0.29) is 11.6 Å². The Bertz CT molecular complexity index is 380. The topological polar surface area (TPSA) is 26.3 Å². The van der Waals surface area contributed by atoms with Crippen molar-refractivity contribution in [1.29, 1.82) is 0 Å². The zero-order valence-corrected chi connectivity index (χ0v) is 10.5. The number of carbonyl (C=O) groups is 1. The van der Waals surface area contributed by atoms with Crippen LogP contribution in [-0.4, -0.2) is 18.5 Å². The fourth-order valence-electron chi connectivity index (χ4n) is 2.32. The first-order chi connectivity index (χ1) is 8.75. The number of halogens is 1. The quantitative estimate of drug-likeness (QED) is 0.567. The molecule has 0 radical (unpaired) electrons. The largest absolute Gasteiger partial charge is 0.378 e. The van der Waals surface area contributed by atoms with Gasteiger partial charge in [-0.3, -0.25) is 4.79 Å². The van der Waals surface area contributed by atoms with E-state index in [0.29, 0.717) is 24.7 Å². The molecule has 98 valence electrons. The van der Waals surface area contributed by atoms with Crippen LogP contribution in [0.25, 0.3) is 0 Å². The number of hydrogen-bond acceptors (Lipinski definition) is 2. The number of rotatable bonds is 6. The predicted molar refractivity (Wildman–Crippen MR) is 68.2 cm³/mol. The van der Waals surface area contributed by atoms with E-state index in [1.165, 1.54) is 37.1 Å². The smallest absolute Gasteiger partial charge is 0.162 e. The average molecular weight is 250 g/mol. The van der Waals surface area contributed by atoms with Crippen LogP contribution in [0.3, 0.4) is 0 Å². The SMILES string of the molecule is O=C(CCCOC1CCCC1)c1ccc(F)cc1. The minimum absolute atomic E-state index is 0.0602. The van der Waals surface area contributed by atoms with Crippen LogP contribution in [0.4, 0.5) is 4.39 Å². The molecule has 0 spiro atoms. The highest BCUT2D eigenvalue weighted by atomic mass is 19.1. The van der Waals surface area contributed by atoms with Gasteiger partial charge in [0.1, 0.15) is 5.82 Å². The number of benzene rings is 1. The van der Waals surface area contributed by atoms with E-state index in [1.807, 2.05) is 0 Å². The van der Waals surface area contributed by atoms with E-state index >= 15 is 0 Å². The first-order valence-electron chi connectivity index (χ1n) is 6.66. The van der Waals surface area contributed by atoms with Crippen molar-refractivity contribution in [3.63, 3.8) is 0 Å². The monoisotopic (exact) mass is 250 g/mol. The normalized spacial score (nSPS) is 16.1. The Balaban J connectivity index is 1.66. The molecule has 1 aliphatic carbocycles. The lowest BCUT2D eigenvalue weighted by atomic mass is 10.1. The molecule has 0 N–H and O–H groups in total. The Morgan fingerprint density at radius 2 is 1.89 bits per heavy atom. The molecular weight excluding hydrogens is 231 g/mol. The molecule has 0 amide bonds. The fraction of sp³-hybridized carbons (Fsp3) is 0.533. The zero-order chi connectivity index (χ0) is 12.8. The number of carbonyl (C=O) groups excluding carboxylic acids is 1. The highest BCUT2D eigenvalue weighted by Gasteiger charge is 2.15. The lowest BCUT2D eigenvalue weighted by molar-refractivity contribution is 0.0546. The van der Waals surface area contributed by atoms with Gasteiger partial charge in [0.05, 0.1) is 6.10 Å². The van der Waals surface area contributed by atoms with Crippen molar-refractivity contribution >= 4 is 5.78 Å². The summed E-state index contributed by atoms with van der Waals surface area (Å²) in [5.41, 5.74) is 0.581. The first-order valence-corrected chi connectivity index (χ1v) is 6.66. The summed E-state index contributed by atoms with van der Waals surface area (Å²) < 4.78 is 18.4. The third kappa shape index (κ3) is 3.91. The number of Topliss-reactive ketones (excluding diaryl/α,β-unsaturated/α-hetero) is 1. The van der Waals surface area contributed by atoms with Crippen molar-refractivity contribution < 1.29 is 13.9 Å². The van der Waals surface area contributed by atoms with Gasteiger partial charge in [0.15, 0.2) is 5.78 Å². The van der Waals surface area contributed by atoms with Gasteiger partial charge in [-0.1, -0.05) is 12.8 Å². The molecule has 1 aromatic carbocycles. The van der Waals surface area contributed by atoms with Crippen LogP contribution in [0.15, 0.2) is 24.3 Å². The number of hydrogen-bond donors (Lipinski definition) is 0. The lowest BCUT2D eigenvalue weighted by Crippen LogP contribution is -2.09. The summed E-state index contributed by atoms with van der Waals surface area (Å²) in [7, 11) is 0. The molecule has 1 aromatic rings. The van der Waals surface area contributed by atoms with Gasteiger partial charge in [-0.05, 0) is 43.5 Å². The molecule has 1 aliphatic rings. The van der Waals surface area contributed by atoms with Gasteiger partial charge < -0.3 is 4.74 Å². The van der Waals surface area contributed by atoms with Crippen LogP contribution in [0.1, 0.15) is 48.9 Å². The summed E-state index contributed by atoms with van der Waals surface area (Å²) >= 11 is 0. The Labute approximate surface area is 107 Å². The fourth-order valence-corrected chi connectivity index (χ4v) is 2.32. The Morgan fingerprint density at radius 3 is 2.56 bits per heavy atom. The van der Waals surface area contributed by atoms with E-state index in [2.05, 4.69) is 0 Å². The van der Waals surface area contributed by atoms with Crippen molar-refractivity contribution in [3.05, 3.63) is 35.6 Å². The third-order valence-corrected chi connectivity index (χ3v) is 3.37. The lowest BCUT2D eigenvalue weighted by Gasteiger charge is -2.10. The van der Waals surface area contributed by atoms with E-state index in [9.17, 15) is 9.18 Å². The van der Waals surface area contributed by atoms with Gasteiger partial charge in [-0.2, -0.15) is 0 Å². The molecule has 1 fully saturated rings. The van der Waals surface area contributed by atoms with Crippen LogP contribution < -0.4 is 0 Å². The summed E-state index contributed by atoms with van der Waals surface area (Å²) in [6, 6.07) is 5.72. The molecule has 0 saturated heterocycles. The van der Waals surface area contributed by atoms with Gasteiger partial charge in [0.25, 0.3) is 0 Å². The van der Waals surface area contributed by atoms with Crippen LogP contribution in [0.2, 0.25) is 0 Å². The van der Waals surface area contributed by atoms with Crippen molar-refractivity contribution in [3.8, 4) is 0 Å². The van der Waals surface area contributed by atoms with E-state index in [0.717, 1.165) is 19.3 Å². The van der Waals surface area contributed by atoms with E-state index < -0.39 is 0 Å². The van der Waals surface area contributed by atoms with Gasteiger partial charge in [-0.25, -0.2) is 4.39 Å². The molecule has 2 rings (SSSR count). The third-order valence-electron chi connectivity index (χ3n) is 3.37. The molecule has 0 atom stereocenters. The molecule has 0 aliphatic heterocycles. The van der Waals surface area contributed by atoms with Crippen molar-refractivity contribution in [2.75, 3.05) is 6.61 Å². The van der Waals surface area contributed by atoms with Crippen molar-refractivity contribution in [1.82, 2.24) is 0 Å². The van der Waals surface area contributed by atoms with Gasteiger partial charge in [0.2, 0.25) is 0 Å². The van der Waals surface area contributed by atoms with Crippen molar-refractivity contribution in [2.45, 2.75) is 44.6 Å². The maximum Gasteiger partial charge on any atom is 0.162 e. The predicted octanol–water partition coefficient (Wildman–Crippen LogP) is 3.75. The number of ketones is 1. The molecular formula is C15H19FO2. The maximum atomic E-state index is 12.7. The Kier molecular flexibility index (Phi) is 4.88. The Morgan fingerprint density at radius 1 is 1.22 bits per heavy atom. The summed E-state index contributed by atoms with van der Waals surface area (Å²) in [5.74, 6) is -0.249. The zero-order valence-electron chi connectivity index (χ0n) is 10.5. The highest BCUT2D eigenvalue weighted by Crippen LogP contribution is 2.21. The van der Waals surface area contributed by atoms with Crippen LogP contribution >= 0.6 is 0 Å². The number of ether oxygens (including phenoxy) is 1. The molecule has 3 heteroatoms. The molecule has 0 unspecified atom stereocenters. The summed E-state index contributed by atoms with van der Waals surface area (Å²) in [6.07, 6.45) is 6.47. The second kappa shape index (κ2) is 6.64. The molecule has 0 aromatic heterocycles. The first kappa shape index (κ1) is 13.2. The van der Waals surface area contributed by atoms with Crippen LogP contribution in [0, 0.1) is 5.82 Å². The highest BCUT2D eigenvalue weighted by molar-refractivity contribution is 5.95. The minimum atomic E-state index is -0.309. The Hall–Kier alpha value is -1.22. The second-order valence-corrected chi connectivity index (χ2v) is 4.81. The summed E-state index contributed by atoms with van der Waals surface area (Å²) in [6.45, 7) is 0.650. The van der Waals surface area contributed by atoms with Crippen LogP contribution in [-0.2, 0) is 4.74 Å². The average Bonchev–Trinajstić information content (AvgIpc) is 2.88. The molecule has 0 heterocycles. The van der Waals surface area contributed by atoms with Gasteiger partial charge in [0, 0.05) is 18.6 Å². The van der Waals surface area contributed by atoms with Gasteiger partial charge in [-0.15, -0.1) is 0 Å². The van der Waals surface area contributed by atoms with E-state index in [1.54, 1.807) is 0 Å². The minimum Gasteiger partial charge on any atom is -0.378 e.